The fourth-order valence-corrected chi connectivity index (χ4v) is 5.21. The number of benzene rings is 2. The molecule has 198 valence electrons. The molecule has 2 atom stereocenters. The van der Waals surface area contributed by atoms with Crippen LogP contribution in [0, 0.1) is 5.92 Å². The molecule has 0 radical (unpaired) electrons. The monoisotopic (exact) mass is 549 g/mol. The summed E-state index contributed by atoms with van der Waals surface area (Å²) in [5.41, 5.74) is 5.74. The molecule has 0 fully saturated rings. The molecule has 4 aromatic rings. The summed E-state index contributed by atoms with van der Waals surface area (Å²) in [6.07, 6.45) is 6.13. The van der Waals surface area contributed by atoms with E-state index < -0.39 is 6.09 Å². The molecule has 2 heterocycles. The third kappa shape index (κ3) is 9.72. The van der Waals surface area contributed by atoms with Crippen molar-refractivity contribution in [3.8, 4) is 0 Å². The zero-order valence-electron chi connectivity index (χ0n) is 21.0. The van der Waals surface area contributed by atoms with E-state index in [1.165, 1.54) is 28.2 Å². The number of amides is 1. The van der Waals surface area contributed by atoms with E-state index in [1.807, 2.05) is 36.4 Å². The molecule has 0 spiro atoms. The fraction of sp³-hybridized carbons (Fsp3) is 0.310. The molecule has 0 saturated heterocycles. The quantitative estimate of drug-likeness (QED) is 0.188. The lowest BCUT2D eigenvalue weighted by Gasteiger charge is -2.22. The summed E-state index contributed by atoms with van der Waals surface area (Å²) in [5, 5.41) is 3.05. The highest BCUT2D eigenvalue weighted by Gasteiger charge is 2.21. The first kappa shape index (κ1) is 27.5. The molecule has 0 aliphatic carbocycles. The number of alkyl carbamates (subject to hydrolysis) is 1. The Bertz CT molecular complexity index is 1120. The van der Waals surface area contributed by atoms with Crippen LogP contribution in [0.1, 0.15) is 40.1 Å². The van der Waals surface area contributed by atoms with Crippen molar-refractivity contribution >= 4 is 34.7 Å². The SMILES string of the molecule is O=C(C[C@H](CC[C@@H](Cc1ccccc1)NC(=O)OCc1cncs1)Cc1ccccc1)OCc1cncs1. The maximum Gasteiger partial charge on any atom is 0.407 e. The van der Waals surface area contributed by atoms with E-state index in [1.54, 1.807) is 23.4 Å². The Morgan fingerprint density at radius 3 is 1.92 bits per heavy atom. The topological polar surface area (TPSA) is 90.4 Å². The third-order valence-electron chi connectivity index (χ3n) is 6.08. The molecule has 0 saturated carbocycles. The smallest absolute Gasteiger partial charge is 0.407 e. The highest BCUT2D eigenvalue weighted by molar-refractivity contribution is 7.09. The van der Waals surface area contributed by atoms with Crippen molar-refractivity contribution in [1.82, 2.24) is 15.3 Å². The van der Waals surface area contributed by atoms with Gasteiger partial charge in [-0.25, -0.2) is 4.79 Å². The molecule has 38 heavy (non-hydrogen) atoms. The molecule has 2 aromatic carbocycles. The summed E-state index contributed by atoms with van der Waals surface area (Å²) in [6.45, 7) is 0.433. The van der Waals surface area contributed by atoms with Crippen LogP contribution >= 0.6 is 22.7 Å². The molecule has 0 bridgehead atoms. The van der Waals surface area contributed by atoms with Gasteiger partial charge in [0.15, 0.2) is 0 Å². The Morgan fingerprint density at radius 2 is 1.34 bits per heavy atom. The zero-order chi connectivity index (χ0) is 26.4. The second-order valence-electron chi connectivity index (χ2n) is 9.04. The van der Waals surface area contributed by atoms with Crippen LogP contribution in [-0.2, 0) is 40.3 Å². The lowest BCUT2D eigenvalue weighted by Crippen LogP contribution is -2.37. The van der Waals surface area contributed by atoms with Gasteiger partial charge in [0.1, 0.15) is 13.2 Å². The van der Waals surface area contributed by atoms with Crippen molar-refractivity contribution in [3.05, 3.63) is 105 Å². The maximum absolute atomic E-state index is 12.7. The Hall–Kier alpha value is -3.56. The summed E-state index contributed by atoms with van der Waals surface area (Å²) in [6, 6.07) is 20.1. The molecule has 0 aliphatic rings. The molecular formula is C29H31N3O4S2. The average Bonchev–Trinajstić information content (AvgIpc) is 3.65. The van der Waals surface area contributed by atoms with Crippen LogP contribution in [-0.4, -0.2) is 28.1 Å². The Morgan fingerprint density at radius 1 is 0.763 bits per heavy atom. The predicted molar refractivity (Wildman–Crippen MR) is 149 cm³/mol. The highest BCUT2D eigenvalue weighted by Crippen LogP contribution is 2.22. The minimum absolute atomic E-state index is 0.0691. The lowest BCUT2D eigenvalue weighted by atomic mass is 9.89. The van der Waals surface area contributed by atoms with Crippen molar-refractivity contribution in [2.24, 2.45) is 5.92 Å². The van der Waals surface area contributed by atoms with E-state index in [2.05, 4.69) is 39.6 Å². The second kappa shape index (κ2) is 15.0. The number of ether oxygens (including phenoxy) is 2. The van der Waals surface area contributed by atoms with Gasteiger partial charge in [0.25, 0.3) is 0 Å². The number of rotatable bonds is 14. The van der Waals surface area contributed by atoms with Gasteiger partial charge >= 0.3 is 12.1 Å². The number of carbonyl (C=O) groups is 2. The molecule has 2 aromatic heterocycles. The minimum Gasteiger partial charge on any atom is -0.460 e. The Balaban J connectivity index is 1.38. The number of nitrogens with zero attached hydrogens (tertiary/aromatic N) is 2. The van der Waals surface area contributed by atoms with Crippen molar-refractivity contribution in [2.75, 3.05) is 0 Å². The number of nitrogens with one attached hydrogen (secondary N) is 1. The zero-order valence-corrected chi connectivity index (χ0v) is 22.7. The van der Waals surface area contributed by atoms with Gasteiger partial charge in [-0.05, 0) is 42.7 Å². The van der Waals surface area contributed by atoms with Gasteiger partial charge in [0.2, 0.25) is 0 Å². The van der Waals surface area contributed by atoms with Gasteiger partial charge in [-0.15, -0.1) is 22.7 Å². The third-order valence-corrected chi connectivity index (χ3v) is 7.59. The summed E-state index contributed by atoms with van der Waals surface area (Å²) >= 11 is 2.91. The van der Waals surface area contributed by atoms with E-state index in [4.69, 9.17) is 9.47 Å². The second-order valence-corrected chi connectivity index (χ2v) is 11.0. The molecule has 0 aliphatic heterocycles. The fourth-order valence-electron chi connectivity index (χ4n) is 4.20. The first-order valence-corrected chi connectivity index (χ1v) is 14.3. The van der Waals surface area contributed by atoms with Gasteiger partial charge in [-0.3, -0.25) is 14.8 Å². The van der Waals surface area contributed by atoms with E-state index in [0.717, 1.165) is 28.2 Å². The Kier molecular flexibility index (Phi) is 10.8. The summed E-state index contributed by atoms with van der Waals surface area (Å²) < 4.78 is 11.0. The normalized spacial score (nSPS) is 12.4. The van der Waals surface area contributed by atoms with Crippen molar-refractivity contribution in [3.63, 3.8) is 0 Å². The van der Waals surface area contributed by atoms with E-state index in [9.17, 15) is 9.59 Å². The highest BCUT2D eigenvalue weighted by atomic mass is 32.1. The van der Waals surface area contributed by atoms with Gasteiger partial charge in [0, 0.05) is 24.9 Å². The van der Waals surface area contributed by atoms with Gasteiger partial charge in [-0.1, -0.05) is 60.7 Å². The van der Waals surface area contributed by atoms with Crippen LogP contribution in [0.4, 0.5) is 4.79 Å². The number of hydrogen-bond donors (Lipinski definition) is 1. The van der Waals surface area contributed by atoms with Crippen LogP contribution in [0.5, 0.6) is 0 Å². The molecular weight excluding hydrogens is 518 g/mol. The molecule has 9 heteroatoms. The van der Waals surface area contributed by atoms with Gasteiger partial charge in [0.05, 0.1) is 20.8 Å². The standard InChI is InChI=1S/C29H31N3O4S2/c33-28(35-18-26-16-30-20-37-26)15-24(13-22-7-3-1-4-8-22)11-12-25(14-23-9-5-2-6-10-23)32-29(34)36-19-27-17-31-21-38-27/h1-10,16-17,20-21,24-25H,11-15,18-19H2,(H,32,34)/t24-,25+/m1/s1. The van der Waals surface area contributed by atoms with Crippen LogP contribution in [0.3, 0.4) is 0 Å². The predicted octanol–water partition coefficient (Wildman–Crippen LogP) is 6.21. The molecule has 4 rings (SSSR count). The van der Waals surface area contributed by atoms with Gasteiger partial charge in [-0.2, -0.15) is 0 Å². The summed E-state index contributed by atoms with van der Waals surface area (Å²) in [4.78, 5) is 35.2. The Labute approximate surface area is 230 Å². The number of hydrogen-bond acceptors (Lipinski definition) is 8. The van der Waals surface area contributed by atoms with Crippen LogP contribution in [0.15, 0.2) is 84.1 Å². The number of aromatic nitrogens is 2. The van der Waals surface area contributed by atoms with Crippen LogP contribution < -0.4 is 5.32 Å². The first-order chi connectivity index (χ1) is 18.6. The summed E-state index contributed by atoms with van der Waals surface area (Å²) in [7, 11) is 0. The lowest BCUT2D eigenvalue weighted by molar-refractivity contribution is -0.146. The first-order valence-electron chi connectivity index (χ1n) is 12.6. The number of carbonyl (C=O) groups excluding carboxylic acids is 2. The van der Waals surface area contributed by atoms with Crippen molar-refractivity contribution in [1.29, 1.82) is 0 Å². The molecule has 7 nitrogen and oxygen atoms in total. The van der Waals surface area contributed by atoms with Crippen molar-refractivity contribution in [2.45, 2.75) is 51.4 Å². The minimum atomic E-state index is -0.456. The molecule has 0 unspecified atom stereocenters. The molecule has 1 N–H and O–H groups in total. The van der Waals surface area contributed by atoms with E-state index >= 15 is 0 Å². The average molecular weight is 550 g/mol. The van der Waals surface area contributed by atoms with Crippen molar-refractivity contribution < 1.29 is 19.1 Å². The van der Waals surface area contributed by atoms with E-state index in [0.29, 0.717) is 19.3 Å². The van der Waals surface area contributed by atoms with Crippen LogP contribution in [0.25, 0.3) is 0 Å². The largest absolute Gasteiger partial charge is 0.460 e. The number of thiazole rings is 2. The van der Waals surface area contributed by atoms with Crippen LogP contribution in [0.2, 0.25) is 0 Å². The van der Waals surface area contributed by atoms with Gasteiger partial charge < -0.3 is 14.8 Å². The van der Waals surface area contributed by atoms with E-state index in [-0.39, 0.29) is 31.1 Å². The summed E-state index contributed by atoms with van der Waals surface area (Å²) in [5.74, 6) is -0.157. The maximum atomic E-state index is 12.7. The number of esters is 1. The molecule has 1 amide bonds.